The Morgan fingerprint density at radius 1 is 1.38 bits per heavy atom. The lowest BCUT2D eigenvalue weighted by molar-refractivity contribution is 1.12. The summed E-state index contributed by atoms with van der Waals surface area (Å²) in [5.74, 6) is 0.551. The van der Waals surface area contributed by atoms with Gasteiger partial charge in [0.15, 0.2) is 0 Å². The monoisotopic (exact) mass is 108 g/mol. The minimum Gasteiger partial charge on any atom is -0.313 e. The van der Waals surface area contributed by atoms with Gasteiger partial charge in [-0.1, -0.05) is 0 Å². The molecule has 1 aromatic rings. The third kappa shape index (κ3) is 0.780. The summed E-state index contributed by atoms with van der Waals surface area (Å²) >= 11 is 0. The predicted octanol–water partition coefficient (Wildman–Crippen LogP) is 1.33. The Balaban J connectivity index is 2.93. The molecule has 0 aliphatic rings. The van der Waals surface area contributed by atoms with E-state index in [9.17, 15) is 0 Å². The number of nitrogens with zero attached hydrogens (tertiary/aromatic N) is 1. The van der Waals surface area contributed by atoms with Crippen LogP contribution in [0.25, 0.3) is 0 Å². The maximum Gasteiger partial charge on any atom is 0.101 e. The van der Waals surface area contributed by atoms with Crippen molar-refractivity contribution < 1.29 is 0 Å². The first kappa shape index (κ1) is 5.09. The molecule has 1 aromatic heterocycles. The zero-order chi connectivity index (χ0) is 5.98. The van der Waals surface area contributed by atoms with Crippen LogP contribution in [-0.2, 0) is 0 Å². The molecule has 0 aliphatic carbocycles. The second-order valence-corrected chi connectivity index (χ2v) is 1.68. The second-order valence-electron chi connectivity index (χ2n) is 1.68. The topological polar surface area (TPSA) is 28.8 Å². The molecular formula is C6H8N2. The summed E-state index contributed by atoms with van der Waals surface area (Å²) in [5, 5.41) is 7.12. The zero-order valence-electron chi connectivity index (χ0n) is 4.76. The molecule has 0 aromatic carbocycles. The maximum atomic E-state index is 7.12. The molecule has 0 saturated heterocycles. The molecule has 42 valence electrons. The highest BCUT2D eigenvalue weighted by Crippen LogP contribution is 1.87. The first-order chi connectivity index (χ1) is 3.80. The van der Waals surface area contributed by atoms with Crippen molar-refractivity contribution in [1.29, 1.82) is 5.41 Å². The van der Waals surface area contributed by atoms with Gasteiger partial charge in [0.25, 0.3) is 0 Å². The normalized spacial score (nSPS) is 9.12. The highest BCUT2D eigenvalue weighted by molar-refractivity contribution is 5.78. The van der Waals surface area contributed by atoms with Crippen molar-refractivity contribution in [2.45, 2.75) is 6.92 Å². The van der Waals surface area contributed by atoms with E-state index in [2.05, 4.69) is 0 Å². The Kier molecular flexibility index (Phi) is 1.16. The lowest BCUT2D eigenvalue weighted by Gasteiger charge is -1.93. The summed E-state index contributed by atoms with van der Waals surface area (Å²) in [5.41, 5.74) is 0. The van der Waals surface area contributed by atoms with Crippen molar-refractivity contribution >= 4 is 5.84 Å². The number of hydrogen-bond acceptors (Lipinski definition) is 1. The van der Waals surface area contributed by atoms with Gasteiger partial charge in [-0.15, -0.1) is 0 Å². The van der Waals surface area contributed by atoms with Crippen molar-refractivity contribution in [3.05, 3.63) is 24.5 Å². The van der Waals surface area contributed by atoms with E-state index in [0.29, 0.717) is 5.84 Å². The van der Waals surface area contributed by atoms with Crippen LogP contribution in [0.2, 0.25) is 0 Å². The molecule has 2 heteroatoms. The highest BCUT2D eigenvalue weighted by atomic mass is 15.0. The Hall–Kier alpha value is -1.05. The van der Waals surface area contributed by atoms with Crippen LogP contribution in [0.15, 0.2) is 24.5 Å². The quantitative estimate of drug-likeness (QED) is 0.384. The van der Waals surface area contributed by atoms with Gasteiger partial charge in [-0.25, -0.2) is 0 Å². The Labute approximate surface area is 48.3 Å². The summed E-state index contributed by atoms with van der Waals surface area (Å²) in [6.07, 6.45) is 3.70. The molecule has 0 unspecified atom stereocenters. The second kappa shape index (κ2) is 1.82. The number of nitrogens with one attached hydrogen (secondary N) is 1. The molecule has 0 bridgehead atoms. The van der Waals surface area contributed by atoms with Gasteiger partial charge in [-0.05, 0) is 19.1 Å². The molecule has 1 N–H and O–H groups in total. The first-order valence-electron chi connectivity index (χ1n) is 2.49. The number of aromatic nitrogens is 1. The molecular weight excluding hydrogens is 100 g/mol. The van der Waals surface area contributed by atoms with Crippen molar-refractivity contribution in [1.82, 2.24) is 4.57 Å². The zero-order valence-corrected chi connectivity index (χ0v) is 4.76. The summed E-state index contributed by atoms with van der Waals surface area (Å²) in [7, 11) is 0. The van der Waals surface area contributed by atoms with E-state index in [1.54, 1.807) is 11.5 Å². The van der Waals surface area contributed by atoms with Gasteiger partial charge in [0.05, 0.1) is 0 Å². The van der Waals surface area contributed by atoms with Crippen LogP contribution in [0, 0.1) is 5.41 Å². The minimum absolute atomic E-state index is 0.551. The molecule has 0 radical (unpaired) electrons. The van der Waals surface area contributed by atoms with E-state index in [1.165, 1.54) is 0 Å². The van der Waals surface area contributed by atoms with Crippen LogP contribution in [-0.4, -0.2) is 10.4 Å². The van der Waals surface area contributed by atoms with Gasteiger partial charge in [-0.2, -0.15) is 0 Å². The fourth-order valence-electron chi connectivity index (χ4n) is 0.558. The standard InChI is InChI=1S/C6H8N2/c1-6(7)8-4-2-3-5-8/h2-5,7H,1H3. The molecule has 0 amide bonds. The van der Waals surface area contributed by atoms with Crippen molar-refractivity contribution in [3.8, 4) is 0 Å². The van der Waals surface area contributed by atoms with Crippen LogP contribution >= 0.6 is 0 Å². The summed E-state index contributed by atoms with van der Waals surface area (Å²) in [6, 6.07) is 3.80. The van der Waals surface area contributed by atoms with Gasteiger partial charge in [0.1, 0.15) is 5.84 Å². The van der Waals surface area contributed by atoms with Gasteiger partial charge in [-0.3, -0.25) is 5.41 Å². The highest BCUT2D eigenvalue weighted by Gasteiger charge is 1.84. The van der Waals surface area contributed by atoms with Gasteiger partial charge >= 0.3 is 0 Å². The van der Waals surface area contributed by atoms with Crippen molar-refractivity contribution in [3.63, 3.8) is 0 Å². The molecule has 0 fully saturated rings. The van der Waals surface area contributed by atoms with Crippen molar-refractivity contribution in [2.75, 3.05) is 0 Å². The molecule has 0 aliphatic heterocycles. The fraction of sp³-hybridized carbons (Fsp3) is 0.167. The molecule has 0 spiro atoms. The average molecular weight is 108 g/mol. The van der Waals surface area contributed by atoms with Crippen LogP contribution in [0.4, 0.5) is 0 Å². The SMILES string of the molecule is CC(=N)n1cccc1. The molecule has 8 heavy (non-hydrogen) atoms. The van der Waals surface area contributed by atoms with E-state index in [4.69, 9.17) is 5.41 Å². The van der Waals surface area contributed by atoms with Gasteiger partial charge < -0.3 is 4.57 Å². The van der Waals surface area contributed by atoms with Gasteiger partial charge in [0.2, 0.25) is 0 Å². The predicted molar refractivity (Wildman–Crippen MR) is 33.2 cm³/mol. The average Bonchev–Trinajstić information content (AvgIpc) is 2.12. The molecule has 1 rings (SSSR count). The van der Waals surface area contributed by atoms with E-state index >= 15 is 0 Å². The number of rotatable bonds is 0. The van der Waals surface area contributed by atoms with E-state index in [-0.39, 0.29) is 0 Å². The Morgan fingerprint density at radius 2 is 1.88 bits per heavy atom. The lowest BCUT2D eigenvalue weighted by atomic mass is 10.7. The van der Waals surface area contributed by atoms with Gasteiger partial charge in [0, 0.05) is 12.4 Å². The summed E-state index contributed by atoms with van der Waals surface area (Å²) in [4.78, 5) is 0. The summed E-state index contributed by atoms with van der Waals surface area (Å²) in [6.45, 7) is 1.75. The third-order valence-corrected chi connectivity index (χ3v) is 0.992. The molecule has 2 nitrogen and oxygen atoms in total. The molecule has 1 heterocycles. The smallest absolute Gasteiger partial charge is 0.101 e. The van der Waals surface area contributed by atoms with Crippen LogP contribution in [0.3, 0.4) is 0 Å². The number of hydrogen-bond donors (Lipinski definition) is 1. The van der Waals surface area contributed by atoms with Crippen molar-refractivity contribution in [2.24, 2.45) is 0 Å². The minimum atomic E-state index is 0.551. The van der Waals surface area contributed by atoms with E-state index in [0.717, 1.165) is 0 Å². The Morgan fingerprint density at radius 3 is 2.12 bits per heavy atom. The maximum absolute atomic E-state index is 7.12. The summed E-state index contributed by atoms with van der Waals surface area (Å²) < 4.78 is 1.75. The van der Waals surface area contributed by atoms with Crippen LogP contribution < -0.4 is 0 Å². The first-order valence-corrected chi connectivity index (χ1v) is 2.49. The fourth-order valence-corrected chi connectivity index (χ4v) is 0.558. The van der Waals surface area contributed by atoms with Crippen LogP contribution in [0.5, 0.6) is 0 Å². The molecule has 0 saturated carbocycles. The third-order valence-electron chi connectivity index (χ3n) is 0.992. The Bertz CT molecular complexity index is 174. The largest absolute Gasteiger partial charge is 0.313 e. The lowest BCUT2D eigenvalue weighted by Crippen LogP contribution is -2.00. The van der Waals surface area contributed by atoms with E-state index < -0.39 is 0 Å². The van der Waals surface area contributed by atoms with Crippen LogP contribution in [0.1, 0.15) is 6.92 Å². The van der Waals surface area contributed by atoms with E-state index in [1.807, 2.05) is 24.5 Å². The molecule has 0 atom stereocenters.